The van der Waals surface area contributed by atoms with Crippen molar-refractivity contribution in [3.8, 4) is 0 Å². The molecule has 208 valence electrons. The number of furan rings is 2. The lowest BCUT2D eigenvalue weighted by molar-refractivity contribution is -0.146. The van der Waals surface area contributed by atoms with E-state index in [9.17, 15) is 9.59 Å². The molecule has 1 atom stereocenters. The topological polar surface area (TPSA) is 115 Å². The molecule has 37 heavy (non-hydrogen) atoms. The summed E-state index contributed by atoms with van der Waals surface area (Å²) < 4.78 is 22.0. The van der Waals surface area contributed by atoms with E-state index in [2.05, 4.69) is 43.6 Å². The Labute approximate surface area is 221 Å². The van der Waals surface area contributed by atoms with Crippen LogP contribution >= 0.6 is 0 Å². The van der Waals surface area contributed by atoms with Gasteiger partial charge in [-0.15, -0.1) is 0 Å². The van der Waals surface area contributed by atoms with E-state index in [1.54, 1.807) is 0 Å². The number of esters is 2. The number of carbonyl (C=O) groups is 2. The summed E-state index contributed by atoms with van der Waals surface area (Å²) in [6.45, 7) is 12.4. The summed E-state index contributed by atoms with van der Waals surface area (Å²) in [4.78, 5) is 23.8. The molecule has 2 heterocycles. The predicted molar refractivity (Wildman–Crippen MR) is 141 cm³/mol. The van der Waals surface area contributed by atoms with E-state index >= 15 is 0 Å². The fraction of sp³-hybridized carbons (Fsp3) is 0.643. The largest absolute Gasteiger partial charge is 0.461 e. The second kappa shape index (κ2) is 17.8. The molecule has 1 unspecified atom stereocenters. The Kier molecular flexibility index (Phi) is 14.7. The zero-order valence-electron chi connectivity index (χ0n) is 22.9. The molecule has 0 aliphatic rings. The van der Waals surface area contributed by atoms with Gasteiger partial charge in [0.15, 0.2) is 0 Å². The van der Waals surface area contributed by atoms with Gasteiger partial charge in [-0.1, -0.05) is 20.8 Å². The van der Waals surface area contributed by atoms with Crippen molar-refractivity contribution in [3.63, 3.8) is 0 Å². The van der Waals surface area contributed by atoms with Gasteiger partial charge in [0.2, 0.25) is 0 Å². The second-order valence-electron chi connectivity index (χ2n) is 9.74. The van der Waals surface area contributed by atoms with E-state index in [1.165, 1.54) is 0 Å². The lowest BCUT2D eigenvalue weighted by Gasteiger charge is -2.13. The SMILES string of the molecule is CCCNCc1ccc(COC(=O)CCC(C)NCCNCc2ccc(COC(=O)CCC(C)C)o2)o1. The molecule has 2 aromatic rings. The summed E-state index contributed by atoms with van der Waals surface area (Å²) in [5.41, 5.74) is 0. The van der Waals surface area contributed by atoms with Gasteiger partial charge in [-0.25, -0.2) is 0 Å². The van der Waals surface area contributed by atoms with Gasteiger partial charge in [0.25, 0.3) is 0 Å². The molecule has 0 aliphatic carbocycles. The van der Waals surface area contributed by atoms with Crippen molar-refractivity contribution in [2.45, 2.75) is 92.1 Å². The van der Waals surface area contributed by atoms with Crippen LogP contribution in [0.1, 0.15) is 82.8 Å². The van der Waals surface area contributed by atoms with Crippen LogP contribution in [0.5, 0.6) is 0 Å². The van der Waals surface area contributed by atoms with Crippen LogP contribution in [-0.2, 0) is 45.4 Å². The molecule has 3 N–H and O–H groups in total. The fourth-order valence-corrected chi connectivity index (χ4v) is 3.49. The van der Waals surface area contributed by atoms with Crippen molar-refractivity contribution in [1.82, 2.24) is 16.0 Å². The maximum absolute atomic E-state index is 12.1. The minimum absolute atomic E-state index is 0.160. The predicted octanol–water partition coefficient (Wildman–Crippen LogP) is 4.44. The number of carbonyl (C=O) groups excluding carboxylic acids is 2. The van der Waals surface area contributed by atoms with Crippen LogP contribution < -0.4 is 16.0 Å². The maximum atomic E-state index is 12.1. The van der Waals surface area contributed by atoms with Crippen molar-refractivity contribution in [2.75, 3.05) is 19.6 Å². The highest BCUT2D eigenvalue weighted by molar-refractivity contribution is 5.69. The van der Waals surface area contributed by atoms with Gasteiger partial charge >= 0.3 is 11.9 Å². The van der Waals surface area contributed by atoms with Crippen molar-refractivity contribution >= 4 is 11.9 Å². The van der Waals surface area contributed by atoms with E-state index < -0.39 is 0 Å². The van der Waals surface area contributed by atoms with E-state index in [1.807, 2.05) is 24.3 Å². The average Bonchev–Trinajstić information content (AvgIpc) is 3.53. The summed E-state index contributed by atoms with van der Waals surface area (Å²) in [6, 6.07) is 7.67. The summed E-state index contributed by atoms with van der Waals surface area (Å²) in [5.74, 6) is 3.00. The molecule has 0 saturated carbocycles. The van der Waals surface area contributed by atoms with Crippen molar-refractivity contribution in [2.24, 2.45) is 5.92 Å². The van der Waals surface area contributed by atoms with Gasteiger partial charge < -0.3 is 34.3 Å². The smallest absolute Gasteiger partial charge is 0.306 e. The van der Waals surface area contributed by atoms with Gasteiger partial charge in [-0.3, -0.25) is 9.59 Å². The first-order chi connectivity index (χ1) is 17.9. The highest BCUT2D eigenvalue weighted by Crippen LogP contribution is 2.12. The van der Waals surface area contributed by atoms with Gasteiger partial charge in [-0.05, 0) is 62.9 Å². The van der Waals surface area contributed by atoms with Gasteiger partial charge in [0.1, 0.15) is 36.3 Å². The van der Waals surface area contributed by atoms with Crippen molar-refractivity contribution in [1.29, 1.82) is 0 Å². The molecule has 2 rings (SSSR count). The molecule has 0 radical (unpaired) electrons. The lowest BCUT2D eigenvalue weighted by Crippen LogP contribution is -2.33. The third kappa shape index (κ3) is 14.0. The van der Waals surface area contributed by atoms with E-state index in [0.717, 1.165) is 44.0 Å². The molecule has 9 nitrogen and oxygen atoms in total. The van der Waals surface area contributed by atoms with Crippen LogP contribution in [0.15, 0.2) is 33.1 Å². The molecule has 0 aliphatic heterocycles. The van der Waals surface area contributed by atoms with Crippen molar-refractivity contribution in [3.05, 3.63) is 47.3 Å². The Morgan fingerprint density at radius 1 is 0.757 bits per heavy atom. The highest BCUT2D eigenvalue weighted by atomic mass is 16.5. The molecule has 0 aromatic carbocycles. The van der Waals surface area contributed by atoms with Crippen molar-refractivity contribution < 1.29 is 27.9 Å². The Hall–Kier alpha value is -2.62. The molecule has 0 amide bonds. The summed E-state index contributed by atoms with van der Waals surface area (Å²) in [7, 11) is 0. The Morgan fingerprint density at radius 2 is 1.27 bits per heavy atom. The quantitative estimate of drug-likeness (QED) is 0.172. The lowest BCUT2D eigenvalue weighted by atomic mass is 10.1. The third-order valence-electron chi connectivity index (χ3n) is 5.71. The molecule has 0 bridgehead atoms. The third-order valence-corrected chi connectivity index (χ3v) is 5.71. The standard InChI is InChI=1S/C28H45N3O6/c1-5-14-29-17-23-8-10-26(36-23)20-35-28(33)13-7-22(4)31-16-15-30-18-24-9-11-25(37-24)19-34-27(32)12-6-21(2)3/h8-11,21-22,29-31H,5-7,12-20H2,1-4H3. The Balaban J connectivity index is 1.49. The first kappa shape index (κ1) is 30.6. The van der Waals surface area contributed by atoms with E-state index in [0.29, 0.717) is 49.8 Å². The van der Waals surface area contributed by atoms with Gasteiger partial charge in [-0.2, -0.15) is 0 Å². The number of hydrogen-bond donors (Lipinski definition) is 3. The zero-order chi connectivity index (χ0) is 26.9. The van der Waals surface area contributed by atoms with Crippen LogP contribution in [0.3, 0.4) is 0 Å². The van der Waals surface area contributed by atoms with Crippen LogP contribution in [0.4, 0.5) is 0 Å². The monoisotopic (exact) mass is 519 g/mol. The van der Waals surface area contributed by atoms with Crippen LogP contribution in [0, 0.1) is 5.92 Å². The van der Waals surface area contributed by atoms with Gasteiger partial charge in [0.05, 0.1) is 13.1 Å². The van der Waals surface area contributed by atoms with Crippen LogP contribution in [-0.4, -0.2) is 37.6 Å². The number of rotatable bonds is 20. The first-order valence-electron chi connectivity index (χ1n) is 13.5. The minimum atomic E-state index is -0.229. The average molecular weight is 520 g/mol. The summed E-state index contributed by atoms with van der Waals surface area (Å²) >= 11 is 0. The normalized spacial score (nSPS) is 12.1. The minimum Gasteiger partial charge on any atom is -0.461 e. The Bertz CT molecular complexity index is 907. The van der Waals surface area contributed by atoms with E-state index in [4.69, 9.17) is 18.3 Å². The molecule has 0 saturated heterocycles. The number of ether oxygens (including phenoxy) is 2. The molecular formula is C28H45N3O6. The maximum Gasteiger partial charge on any atom is 0.306 e. The fourth-order valence-electron chi connectivity index (χ4n) is 3.49. The molecule has 0 spiro atoms. The highest BCUT2D eigenvalue weighted by Gasteiger charge is 2.10. The second-order valence-corrected chi connectivity index (χ2v) is 9.74. The molecular weight excluding hydrogens is 474 g/mol. The zero-order valence-corrected chi connectivity index (χ0v) is 22.9. The summed E-state index contributed by atoms with van der Waals surface area (Å²) in [5, 5.41) is 10.00. The summed E-state index contributed by atoms with van der Waals surface area (Å²) in [6.07, 6.45) is 3.38. The molecule has 2 aromatic heterocycles. The first-order valence-corrected chi connectivity index (χ1v) is 13.5. The number of nitrogens with one attached hydrogen (secondary N) is 3. The molecule has 0 fully saturated rings. The van der Waals surface area contributed by atoms with Gasteiger partial charge in [0, 0.05) is 32.0 Å². The van der Waals surface area contributed by atoms with E-state index in [-0.39, 0.29) is 31.2 Å². The van der Waals surface area contributed by atoms with Crippen LogP contribution in [0.2, 0.25) is 0 Å². The Morgan fingerprint density at radius 3 is 1.81 bits per heavy atom. The number of hydrogen-bond acceptors (Lipinski definition) is 9. The molecule has 9 heteroatoms. The van der Waals surface area contributed by atoms with Crippen LogP contribution in [0.25, 0.3) is 0 Å².